The van der Waals surface area contributed by atoms with E-state index in [4.69, 9.17) is 10.5 Å². The van der Waals surface area contributed by atoms with E-state index < -0.39 is 0 Å². The number of rotatable bonds is 7. The van der Waals surface area contributed by atoms with Crippen molar-refractivity contribution in [1.29, 1.82) is 0 Å². The first-order valence-electron chi connectivity index (χ1n) is 8.16. The molecule has 1 unspecified atom stereocenters. The Morgan fingerprint density at radius 3 is 2.26 bits per heavy atom. The fraction of sp³-hybridized carbons (Fsp3) is 0.350. The molecule has 23 heavy (non-hydrogen) atoms. The summed E-state index contributed by atoms with van der Waals surface area (Å²) in [6.45, 7) is 4.11. The number of carbonyl (C=O) groups excluding carboxylic acids is 1. The second kappa shape index (κ2) is 8.49. The van der Waals surface area contributed by atoms with Gasteiger partial charge in [-0.15, -0.1) is 0 Å². The molecule has 0 bridgehead atoms. The molecule has 0 heterocycles. The average molecular weight is 311 g/mol. The lowest BCUT2D eigenvalue weighted by Gasteiger charge is -2.16. The number of hydrogen-bond acceptors (Lipinski definition) is 3. The Labute approximate surface area is 138 Å². The molecule has 0 aromatic heterocycles. The van der Waals surface area contributed by atoms with Crippen LogP contribution in [0.25, 0.3) is 11.1 Å². The maximum Gasteiger partial charge on any atom is 0.308 e. The van der Waals surface area contributed by atoms with Gasteiger partial charge in [0.05, 0.1) is 12.5 Å². The first kappa shape index (κ1) is 17.2. The van der Waals surface area contributed by atoms with Crippen LogP contribution in [0.5, 0.6) is 0 Å². The van der Waals surface area contributed by atoms with Crippen LogP contribution in [0.15, 0.2) is 54.6 Å². The largest absolute Gasteiger partial charge is 0.466 e. The first-order chi connectivity index (χ1) is 11.1. The molecule has 2 rings (SSSR count). The van der Waals surface area contributed by atoms with Crippen LogP contribution in [-0.2, 0) is 16.0 Å². The van der Waals surface area contributed by atoms with Crippen LogP contribution in [0.4, 0.5) is 0 Å². The summed E-state index contributed by atoms with van der Waals surface area (Å²) in [5, 5.41) is 0. The molecule has 2 atom stereocenters. The van der Waals surface area contributed by atoms with Crippen LogP contribution in [0.2, 0.25) is 0 Å². The summed E-state index contributed by atoms with van der Waals surface area (Å²) in [6, 6.07) is 18.7. The van der Waals surface area contributed by atoms with Gasteiger partial charge in [-0.05, 0) is 36.5 Å². The van der Waals surface area contributed by atoms with Crippen LogP contribution in [0.1, 0.15) is 25.8 Å². The van der Waals surface area contributed by atoms with Crippen molar-refractivity contribution in [3.05, 3.63) is 60.2 Å². The van der Waals surface area contributed by atoms with Crippen molar-refractivity contribution in [2.45, 2.75) is 32.7 Å². The van der Waals surface area contributed by atoms with Crippen molar-refractivity contribution < 1.29 is 9.53 Å². The highest BCUT2D eigenvalue weighted by Gasteiger charge is 2.17. The molecule has 0 radical (unpaired) electrons. The van der Waals surface area contributed by atoms with Crippen LogP contribution < -0.4 is 5.73 Å². The summed E-state index contributed by atoms with van der Waals surface area (Å²) in [5.74, 6) is -0.323. The lowest BCUT2D eigenvalue weighted by atomic mass is 9.95. The molecule has 0 aliphatic carbocycles. The maximum absolute atomic E-state index is 11.7. The van der Waals surface area contributed by atoms with Crippen molar-refractivity contribution in [2.24, 2.45) is 11.7 Å². The summed E-state index contributed by atoms with van der Waals surface area (Å²) >= 11 is 0. The molecule has 0 spiro atoms. The highest BCUT2D eigenvalue weighted by atomic mass is 16.5. The number of nitrogens with two attached hydrogens (primary N) is 1. The van der Waals surface area contributed by atoms with Crippen molar-refractivity contribution in [3.8, 4) is 11.1 Å². The quantitative estimate of drug-likeness (QED) is 0.791. The monoisotopic (exact) mass is 311 g/mol. The van der Waals surface area contributed by atoms with Gasteiger partial charge in [-0.3, -0.25) is 4.79 Å². The maximum atomic E-state index is 11.7. The first-order valence-corrected chi connectivity index (χ1v) is 8.16. The molecule has 0 amide bonds. The smallest absolute Gasteiger partial charge is 0.308 e. The zero-order chi connectivity index (χ0) is 16.7. The zero-order valence-electron chi connectivity index (χ0n) is 13.9. The number of esters is 1. The number of hydrogen-bond donors (Lipinski definition) is 1. The minimum Gasteiger partial charge on any atom is -0.466 e. The molecule has 0 saturated carbocycles. The van der Waals surface area contributed by atoms with Gasteiger partial charge < -0.3 is 10.5 Å². The molecule has 3 nitrogen and oxygen atoms in total. The minimum absolute atomic E-state index is 0.0445. The molecule has 2 aromatic carbocycles. The highest BCUT2D eigenvalue weighted by molar-refractivity contribution is 5.72. The molecule has 122 valence electrons. The van der Waals surface area contributed by atoms with Crippen LogP contribution >= 0.6 is 0 Å². The van der Waals surface area contributed by atoms with E-state index in [9.17, 15) is 4.79 Å². The van der Waals surface area contributed by atoms with E-state index in [1.807, 2.05) is 32.0 Å². The van der Waals surface area contributed by atoms with Crippen molar-refractivity contribution >= 4 is 5.97 Å². The Morgan fingerprint density at radius 2 is 1.65 bits per heavy atom. The second-order valence-electron chi connectivity index (χ2n) is 5.92. The standard InChI is InChI=1S/C20H25NO2/c1-3-23-20(22)15(2)13-19(21)14-16-9-11-18(12-10-16)17-7-5-4-6-8-17/h4-12,15,19H,3,13-14,21H2,1-2H3/t15?,19-/m0/s1. The average Bonchev–Trinajstić information content (AvgIpc) is 2.56. The number of benzene rings is 2. The van der Waals surface area contributed by atoms with Crippen LogP contribution in [0.3, 0.4) is 0 Å². The van der Waals surface area contributed by atoms with Gasteiger partial charge in [0.15, 0.2) is 0 Å². The zero-order valence-corrected chi connectivity index (χ0v) is 13.9. The third-order valence-electron chi connectivity index (χ3n) is 3.90. The van der Waals surface area contributed by atoms with Gasteiger partial charge in [0.2, 0.25) is 0 Å². The van der Waals surface area contributed by atoms with E-state index in [0.29, 0.717) is 13.0 Å². The predicted molar refractivity (Wildman–Crippen MR) is 94.0 cm³/mol. The molecule has 0 saturated heterocycles. The molecule has 3 heteroatoms. The molecule has 0 aliphatic rings. The Hall–Kier alpha value is -2.13. The van der Waals surface area contributed by atoms with Crippen molar-refractivity contribution in [2.75, 3.05) is 6.61 Å². The Morgan fingerprint density at radius 1 is 1.04 bits per heavy atom. The Kier molecular flexibility index (Phi) is 6.36. The normalized spacial score (nSPS) is 13.3. The lowest BCUT2D eigenvalue weighted by Crippen LogP contribution is -2.29. The van der Waals surface area contributed by atoms with E-state index in [1.165, 1.54) is 16.7 Å². The van der Waals surface area contributed by atoms with Gasteiger partial charge in [0.1, 0.15) is 0 Å². The van der Waals surface area contributed by atoms with Gasteiger partial charge in [0, 0.05) is 6.04 Å². The summed E-state index contributed by atoms with van der Waals surface area (Å²) in [7, 11) is 0. The van der Waals surface area contributed by atoms with Gasteiger partial charge in [0.25, 0.3) is 0 Å². The van der Waals surface area contributed by atoms with Gasteiger partial charge in [-0.1, -0.05) is 61.5 Å². The molecule has 0 aliphatic heterocycles. The molecule has 2 N–H and O–H groups in total. The van der Waals surface area contributed by atoms with E-state index in [1.54, 1.807) is 0 Å². The van der Waals surface area contributed by atoms with Gasteiger partial charge in [-0.25, -0.2) is 0 Å². The lowest BCUT2D eigenvalue weighted by molar-refractivity contribution is -0.147. The fourth-order valence-electron chi connectivity index (χ4n) is 2.68. The third kappa shape index (κ3) is 5.22. The second-order valence-corrected chi connectivity index (χ2v) is 5.92. The van der Waals surface area contributed by atoms with E-state index in [-0.39, 0.29) is 17.9 Å². The van der Waals surface area contributed by atoms with Crippen LogP contribution in [0, 0.1) is 5.92 Å². The Bertz CT molecular complexity index is 607. The van der Waals surface area contributed by atoms with Crippen LogP contribution in [-0.4, -0.2) is 18.6 Å². The summed E-state index contributed by atoms with van der Waals surface area (Å²) in [6.07, 6.45) is 1.40. The molecular weight excluding hydrogens is 286 g/mol. The summed E-state index contributed by atoms with van der Waals surface area (Å²) in [5.41, 5.74) is 9.77. The van der Waals surface area contributed by atoms with Gasteiger partial charge in [-0.2, -0.15) is 0 Å². The molecule has 0 fully saturated rings. The highest BCUT2D eigenvalue weighted by Crippen LogP contribution is 2.20. The minimum atomic E-state index is -0.164. The van der Waals surface area contributed by atoms with E-state index in [2.05, 4.69) is 36.4 Å². The SMILES string of the molecule is CCOC(=O)C(C)C[C@H](N)Cc1ccc(-c2ccccc2)cc1. The summed E-state index contributed by atoms with van der Waals surface area (Å²) < 4.78 is 5.02. The topological polar surface area (TPSA) is 52.3 Å². The summed E-state index contributed by atoms with van der Waals surface area (Å²) in [4.78, 5) is 11.7. The van der Waals surface area contributed by atoms with Crippen molar-refractivity contribution in [3.63, 3.8) is 0 Å². The predicted octanol–water partition coefficient (Wildman–Crippen LogP) is 3.81. The van der Waals surface area contributed by atoms with Crippen molar-refractivity contribution in [1.82, 2.24) is 0 Å². The van der Waals surface area contributed by atoms with Gasteiger partial charge >= 0.3 is 5.97 Å². The third-order valence-corrected chi connectivity index (χ3v) is 3.90. The molecule has 2 aromatic rings. The van der Waals surface area contributed by atoms with E-state index in [0.717, 1.165) is 6.42 Å². The fourth-order valence-corrected chi connectivity index (χ4v) is 2.68. The van der Waals surface area contributed by atoms with E-state index >= 15 is 0 Å². The molecular formula is C20H25NO2. The Balaban J connectivity index is 1.92. The number of ether oxygens (including phenoxy) is 1. The number of carbonyl (C=O) groups is 1.